The van der Waals surface area contributed by atoms with E-state index in [1.807, 2.05) is 6.07 Å². The van der Waals surface area contributed by atoms with Gasteiger partial charge in [-0.25, -0.2) is 0 Å². The molecule has 1 heterocycles. The van der Waals surface area contributed by atoms with Crippen molar-refractivity contribution in [1.82, 2.24) is 0 Å². The first-order chi connectivity index (χ1) is 9.93. The van der Waals surface area contributed by atoms with Crippen LogP contribution in [0.5, 0.6) is 0 Å². The highest BCUT2D eigenvalue weighted by molar-refractivity contribution is 9.10. The van der Waals surface area contributed by atoms with Crippen LogP contribution in [0.1, 0.15) is 12.5 Å². The lowest BCUT2D eigenvalue weighted by atomic mass is 10.1. The zero-order valence-corrected chi connectivity index (χ0v) is 12.9. The molecule has 1 amide bonds. The molecule has 0 bridgehead atoms. The average molecular weight is 349 g/mol. The van der Waals surface area contributed by atoms with Crippen molar-refractivity contribution in [3.05, 3.63) is 22.2 Å². The van der Waals surface area contributed by atoms with Crippen LogP contribution in [-0.2, 0) is 11.2 Å². The molecular weight excluding hydrogens is 336 g/mol. The van der Waals surface area contributed by atoms with Crippen LogP contribution < -0.4 is 16.1 Å². The van der Waals surface area contributed by atoms with Crippen LogP contribution in [-0.4, -0.2) is 24.0 Å². The van der Waals surface area contributed by atoms with E-state index in [9.17, 15) is 4.79 Å². The first-order valence-corrected chi connectivity index (χ1v) is 6.92. The number of carbonyl (C=O) groups excluding carboxylic acids is 1. The van der Waals surface area contributed by atoms with Gasteiger partial charge in [0.1, 0.15) is 6.07 Å². The van der Waals surface area contributed by atoms with Crippen LogP contribution in [0.3, 0.4) is 0 Å². The predicted octanol–water partition coefficient (Wildman–Crippen LogP) is 1.59. The van der Waals surface area contributed by atoms with Crippen molar-refractivity contribution in [2.75, 3.05) is 16.9 Å². The van der Waals surface area contributed by atoms with Gasteiger partial charge >= 0.3 is 0 Å². The Balaban J connectivity index is 2.44. The van der Waals surface area contributed by atoms with Crippen molar-refractivity contribution >= 4 is 44.8 Å². The number of rotatable bonds is 3. The number of nitriles is 1. The molecule has 0 atom stereocenters. The Hall–Kier alpha value is -2.40. The molecule has 21 heavy (non-hydrogen) atoms. The van der Waals surface area contributed by atoms with E-state index in [4.69, 9.17) is 16.4 Å². The van der Waals surface area contributed by atoms with Gasteiger partial charge in [0.25, 0.3) is 0 Å². The van der Waals surface area contributed by atoms with E-state index in [0.717, 1.165) is 22.1 Å². The normalized spacial score (nSPS) is 13.6. The molecule has 108 valence electrons. The van der Waals surface area contributed by atoms with Gasteiger partial charge in [-0.3, -0.25) is 15.6 Å². The number of nitrogens with two attached hydrogens (primary N) is 1. The molecule has 1 aromatic rings. The first-order valence-electron chi connectivity index (χ1n) is 6.12. The number of anilines is 2. The summed E-state index contributed by atoms with van der Waals surface area (Å²) >= 11 is 3.40. The molecule has 0 aliphatic carbocycles. The Kier molecular flexibility index (Phi) is 4.23. The summed E-state index contributed by atoms with van der Waals surface area (Å²) in [5.41, 5.74) is 10.1. The van der Waals surface area contributed by atoms with E-state index >= 15 is 0 Å². The molecule has 0 fully saturated rings. The molecule has 0 radical (unpaired) electrons. The molecule has 0 saturated heterocycles. The highest BCUT2D eigenvalue weighted by Gasteiger charge is 2.26. The van der Waals surface area contributed by atoms with Crippen LogP contribution in [0, 0.1) is 16.7 Å². The van der Waals surface area contributed by atoms with Crippen LogP contribution in [0.15, 0.2) is 21.7 Å². The van der Waals surface area contributed by atoms with Gasteiger partial charge in [-0.05, 0) is 24.1 Å². The number of amidine groups is 1. The second-order valence-corrected chi connectivity index (χ2v) is 5.40. The van der Waals surface area contributed by atoms with Gasteiger partial charge in [-0.1, -0.05) is 15.9 Å². The number of hydrogen-bond donors (Lipinski definition) is 3. The number of halogens is 1. The molecule has 0 unspecified atom stereocenters. The monoisotopic (exact) mass is 348 g/mol. The van der Waals surface area contributed by atoms with Crippen molar-refractivity contribution in [2.45, 2.75) is 13.3 Å². The van der Waals surface area contributed by atoms with Crippen LogP contribution >= 0.6 is 15.9 Å². The Morgan fingerprint density at radius 3 is 2.90 bits per heavy atom. The number of nitrogens with one attached hydrogen (secondary N) is 2. The molecule has 2 rings (SSSR count). The maximum absolute atomic E-state index is 11.7. The smallest absolute Gasteiger partial charge is 0.223 e. The summed E-state index contributed by atoms with van der Waals surface area (Å²) in [6.07, 6.45) is 0.755. The van der Waals surface area contributed by atoms with Gasteiger partial charge < -0.3 is 10.6 Å². The Morgan fingerprint density at radius 1 is 1.62 bits per heavy atom. The molecule has 0 aromatic heterocycles. The number of amides is 1. The largest absolute Gasteiger partial charge is 0.382 e. The molecule has 1 aliphatic rings. The van der Waals surface area contributed by atoms with Crippen molar-refractivity contribution in [3.8, 4) is 6.07 Å². The summed E-state index contributed by atoms with van der Waals surface area (Å²) in [5, 5.41) is 19.9. The third-order valence-corrected chi connectivity index (χ3v) is 3.52. The number of carbonyl (C=O) groups is 1. The predicted molar refractivity (Wildman–Crippen MR) is 84.5 cm³/mol. The second-order valence-electron chi connectivity index (χ2n) is 4.48. The summed E-state index contributed by atoms with van der Waals surface area (Å²) in [4.78, 5) is 13.3. The molecule has 7 nitrogen and oxygen atoms in total. The van der Waals surface area contributed by atoms with E-state index in [1.165, 1.54) is 6.92 Å². The average Bonchev–Trinajstić information content (AvgIpc) is 2.82. The van der Waals surface area contributed by atoms with Gasteiger partial charge in [0, 0.05) is 17.9 Å². The van der Waals surface area contributed by atoms with Gasteiger partial charge in [0.2, 0.25) is 11.6 Å². The summed E-state index contributed by atoms with van der Waals surface area (Å²) in [7, 11) is 0. The van der Waals surface area contributed by atoms with Gasteiger partial charge in [-0.2, -0.15) is 10.4 Å². The summed E-state index contributed by atoms with van der Waals surface area (Å²) in [6, 6.07) is 5.44. The summed E-state index contributed by atoms with van der Waals surface area (Å²) in [6.45, 7) is 2.11. The minimum Gasteiger partial charge on any atom is -0.382 e. The fraction of sp³-hybridized carbons (Fsp3) is 0.231. The second kappa shape index (κ2) is 5.93. The maximum atomic E-state index is 11.7. The Morgan fingerprint density at radius 2 is 2.33 bits per heavy atom. The number of hydrogen-bond acceptors (Lipinski definition) is 5. The highest BCUT2D eigenvalue weighted by Crippen LogP contribution is 2.38. The number of hydrazone groups is 1. The molecule has 4 N–H and O–H groups in total. The van der Waals surface area contributed by atoms with Crippen molar-refractivity contribution in [3.63, 3.8) is 0 Å². The fourth-order valence-electron chi connectivity index (χ4n) is 2.17. The lowest BCUT2D eigenvalue weighted by Crippen LogP contribution is -2.26. The van der Waals surface area contributed by atoms with Gasteiger partial charge in [-0.15, -0.1) is 0 Å². The van der Waals surface area contributed by atoms with Crippen LogP contribution in [0.4, 0.5) is 11.4 Å². The number of benzene rings is 1. The van der Waals surface area contributed by atoms with E-state index < -0.39 is 5.84 Å². The SMILES string of the molecule is CC(=O)N1CCc2cc(Br)cc(N/N=C(\C#N)C(=N)N)c21. The summed E-state index contributed by atoms with van der Waals surface area (Å²) < 4.78 is 0.839. The van der Waals surface area contributed by atoms with Crippen molar-refractivity contribution in [2.24, 2.45) is 10.8 Å². The molecule has 8 heteroatoms. The molecule has 1 aromatic carbocycles. The van der Waals surface area contributed by atoms with E-state index in [0.29, 0.717) is 12.2 Å². The number of nitrogens with zero attached hydrogens (tertiary/aromatic N) is 3. The lowest BCUT2D eigenvalue weighted by molar-refractivity contribution is -0.116. The summed E-state index contributed by atoms with van der Waals surface area (Å²) in [5.74, 6) is -0.477. The zero-order chi connectivity index (χ0) is 15.6. The standard InChI is InChI=1S/C13H13BrN6O/c1-7(21)20-3-2-8-4-9(14)5-10(12(8)20)18-19-11(6-15)13(16)17/h4-5,18H,2-3H2,1H3,(H3,16,17)/b19-11+. The van der Waals surface area contributed by atoms with E-state index in [2.05, 4.69) is 26.5 Å². The highest BCUT2D eigenvalue weighted by atomic mass is 79.9. The van der Waals surface area contributed by atoms with Crippen LogP contribution in [0.25, 0.3) is 0 Å². The minimum absolute atomic E-state index is 0.0600. The van der Waals surface area contributed by atoms with E-state index in [1.54, 1.807) is 17.0 Å². The topological polar surface area (TPSA) is 118 Å². The fourth-order valence-corrected chi connectivity index (χ4v) is 2.68. The maximum Gasteiger partial charge on any atom is 0.223 e. The third-order valence-electron chi connectivity index (χ3n) is 3.06. The van der Waals surface area contributed by atoms with Crippen molar-refractivity contribution < 1.29 is 4.79 Å². The molecular formula is C13H13BrN6O. The Labute approximate surface area is 130 Å². The lowest BCUT2D eigenvalue weighted by Gasteiger charge is -2.18. The van der Waals surface area contributed by atoms with Crippen molar-refractivity contribution in [1.29, 1.82) is 10.7 Å². The Bertz CT molecular complexity index is 691. The van der Waals surface area contributed by atoms with Gasteiger partial charge in [0.15, 0.2) is 5.84 Å². The first kappa shape index (κ1) is 15.0. The number of fused-ring (bicyclic) bond motifs is 1. The quantitative estimate of drug-likeness (QED) is 0.436. The molecule has 0 spiro atoms. The zero-order valence-electron chi connectivity index (χ0n) is 11.3. The molecule has 1 aliphatic heterocycles. The van der Waals surface area contributed by atoms with Gasteiger partial charge in [0.05, 0.1) is 11.4 Å². The molecule has 0 saturated carbocycles. The van der Waals surface area contributed by atoms with E-state index in [-0.39, 0.29) is 11.6 Å². The third kappa shape index (κ3) is 3.03. The minimum atomic E-state index is -0.417. The van der Waals surface area contributed by atoms with Crippen LogP contribution in [0.2, 0.25) is 0 Å².